The van der Waals surface area contributed by atoms with Crippen LogP contribution in [0.3, 0.4) is 0 Å². The van der Waals surface area contributed by atoms with Crippen LogP contribution in [0.1, 0.15) is 6.92 Å². The van der Waals surface area contributed by atoms with Crippen molar-refractivity contribution in [2.45, 2.75) is 11.3 Å². The second-order valence-corrected chi connectivity index (χ2v) is 3.41. The number of halogens is 2. The van der Waals surface area contributed by atoms with E-state index < -0.39 is 10.3 Å². The highest BCUT2D eigenvalue weighted by Crippen LogP contribution is 2.18. The highest BCUT2D eigenvalue weighted by Gasteiger charge is 2.25. The number of rotatable bonds is 2. The number of alkyl halides is 2. The second-order valence-electron chi connectivity index (χ2n) is 1.71. The van der Waals surface area contributed by atoms with Gasteiger partial charge in [-0.25, -0.2) is 4.79 Å². The molecule has 11 heavy (non-hydrogen) atoms. The Bertz CT molecular complexity index is 111. The van der Waals surface area contributed by atoms with Crippen LogP contribution < -0.4 is 5.73 Å². The van der Waals surface area contributed by atoms with Crippen molar-refractivity contribution >= 4 is 29.2 Å². The Hall–Kier alpha value is -0.0300. The van der Waals surface area contributed by atoms with Gasteiger partial charge in [-0.2, -0.15) is 0 Å². The van der Waals surface area contributed by atoms with Crippen LogP contribution in [0.2, 0.25) is 0 Å². The number of aliphatic carboxylic acids is 1. The Morgan fingerprint density at radius 3 is 1.82 bits per heavy atom. The Kier molecular flexibility index (Phi) is 8.21. The summed E-state index contributed by atoms with van der Waals surface area (Å²) in [6.45, 7) is 1.67. The molecule has 0 saturated heterocycles. The summed E-state index contributed by atoms with van der Waals surface area (Å²) in [6, 6.07) is 0. The van der Waals surface area contributed by atoms with Crippen molar-refractivity contribution in [2.24, 2.45) is 5.73 Å². The Balaban J connectivity index is 0. The number of carboxylic acid groups (broad SMARTS) is 1. The molecule has 0 aliphatic heterocycles. The molecule has 0 saturated carbocycles. The van der Waals surface area contributed by atoms with Crippen LogP contribution in [0.4, 0.5) is 0 Å². The zero-order valence-corrected chi connectivity index (χ0v) is 7.56. The molecule has 0 spiro atoms. The monoisotopic (exact) mass is 203 g/mol. The van der Waals surface area contributed by atoms with Crippen LogP contribution in [0, 0.1) is 0 Å². The first-order valence-corrected chi connectivity index (χ1v) is 3.54. The highest BCUT2D eigenvalue weighted by molar-refractivity contribution is 6.56. The molecule has 0 aromatic rings. The lowest BCUT2D eigenvalue weighted by Crippen LogP contribution is -2.19. The van der Waals surface area contributed by atoms with Crippen molar-refractivity contribution in [1.29, 1.82) is 0 Å². The first kappa shape index (κ1) is 13.6. The summed E-state index contributed by atoms with van der Waals surface area (Å²) in [6.07, 6.45) is 0. The van der Waals surface area contributed by atoms with Gasteiger partial charge in [0.1, 0.15) is 0 Å². The number of aliphatic hydroxyl groups is 1. The van der Waals surface area contributed by atoms with E-state index in [1.807, 2.05) is 0 Å². The van der Waals surface area contributed by atoms with Gasteiger partial charge in [0, 0.05) is 6.54 Å². The standard InChI is InChI=1S/C3H4Cl2O2.C2H7NO/c1-3(4,5)2(6)7;3-1-2-4/h1H3,(H,6,7);4H,1-3H2. The molecular weight excluding hydrogens is 193 g/mol. The van der Waals surface area contributed by atoms with E-state index in [0.717, 1.165) is 0 Å². The zero-order valence-electron chi connectivity index (χ0n) is 6.05. The molecule has 0 aliphatic carbocycles. The molecule has 0 fully saturated rings. The van der Waals surface area contributed by atoms with E-state index in [2.05, 4.69) is 0 Å². The van der Waals surface area contributed by atoms with Gasteiger partial charge in [0.15, 0.2) is 0 Å². The third-order valence-electron chi connectivity index (χ3n) is 0.505. The molecule has 0 aromatic carbocycles. The van der Waals surface area contributed by atoms with Crippen molar-refractivity contribution in [1.82, 2.24) is 0 Å². The summed E-state index contributed by atoms with van der Waals surface area (Å²) < 4.78 is -1.64. The predicted molar refractivity (Wildman–Crippen MR) is 43.9 cm³/mol. The predicted octanol–water partition coefficient (Wildman–Crippen LogP) is 0.202. The van der Waals surface area contributed by atoms with Gasteiger partial charge in [0.25, 0.3) is 0 Å². The zero-order chi connectivity index (χ0) is 9.49. The quantitative estimate of drug-likeness (QED) is 0.561. The summed E-state index contributed by atoms with van der Waals surface area (Å²) in [4.78, 5) is 9.76. The molecule has 4 nitrogen and oxygen atoms in total. The number of hydrogen-bond acceptors (Lipinski definition) is 3. The Labute approximate surface area is 74.9 Å². The number of carboxylic acids is 1. The lowest BCUT2D eigenvalue weighted by atomic mass is 10.5. The average molecular weight is 204 g/mol. The molecule has 0 atom stereocenters. The van der Waals surface area contributed by atoms with E-state index in [1.54, 1.807) is 0 Å². The fraction of sp³-hybridized carbons (Fsp3) is 0.800. The lowest BCUT2D eigenvalue weighted by Gasteiger charge is -2.02. The van der Waals surface area contributed by atoms with E-state index in [0.29, 0.717) is 6.54 Å². The molecule has 0 aliphatic rings. The summed E-state index contributed by atoms with van der Waals surface area (Å²) in [5.74, 6) is -1.23. The summed E-state index contributed by atoms with van der Waals surface area (Å²) in [5.41, 5.74) is 4.78. The fourth-order valence-corrected chi connectivity index (χ4v) is 0. The van der Waals surface area contributed by atoms with Gasteiger partial charge in [0.05, 0.1) is 6.61 Å². The molecule has 0 amide bonds. The van der Waals surface area contributed by atoms with Crippen molar-refractivity contribution in [3.63, 3.8) is 0 Å². The smallest absolute Gasteiger partial charge is 0.339 e. The molecule has 0 heterocycles. The number of aliphatic hydroxyl groups excluding tert-OH is 1. The van der Waals surface area contributed by atoms with E-state index in [1.165, 1.54) is 6.92 Å². The van der Waals surface area contributed by atoms with Gasteiger partial charge < -0.3 is 15.9 Å². The van der Waals surface area contributed by atoms with Gasteiger partial charge >= 0.3 is 5.97 Å². The third-order valence-corrected chi connectivity index (χ3v) is 0.828. The third kappa shape index (κ3) is 13.0. The molecule has 0 radical (unpaired) electrons. The molecule has 0 aromatic heterocycles. The first-order chi connectivity index (χ1) is 4.86. The van der Waals surface area contributed by atoms with E-state index >= 15 is 0 Å². The molecule has 6 heteroatoms. The van der Waals surface area contributed by atoms with Crippen molar-refractivity contribution < 1.29 is 15.0 Å². The number of hydrogen-bond donors (Lipinski definition) is 3. The molecule has 0 unspecified atom stereocenters. The van der Waals surface area contributed by atoms with Crippen LogP contribution in [-0.2, 0) is 4.79 Å². The van der Waals surface area contributed by atoms with Gasteiger partial charge in [-0.3, -0.25) is 0 Å². The van der Waals surface area contributed by atoms with Crippen molar-refractivity contribution in [3.8, 4) is 0 Å². The number of carbonyl (C=O) groups is 1. The number of nitrogens with two attached hydrogens (primary N) is 1. The SMILES string of the molecule is CC(Cl)(Cl)C(=O)O.NCCO. The Morgan fingerprint density at radius 2 is 1.82 bits per heavy atom. The van der Waals surface area contributed by atoms with Crippen LogP contribution in [-0.4, -0.2) is 33.7 Å². The summed E-state index contributed by atoms with van der Waals surface area (Å²) >= 11 is 10.1. The second kappa shape index (κ2) is 6.67. The van der Waals surface area contributed by atoms with Gasteiger partial charge in [0.2, 0.25) is 4.33 Å². The maximum atomic E-state index is 9.76. The molecule has 0 rings (SSSR count). The van der Waals surface area contributed by atoms with E-state index in [-0.39, 0.29) is 6.61 Å². The van der Waals surface area contributed by atoms with Crippen LogP contribution in [0.5, 0.6) is 0 Å². The minimum Gasteiger partial charge on any atom is -0.479 e. The minimum absolute atomic E-state index is 0.0972. The van der Waals surface area contributed by atoms with Crippen molar-refractivity contribution in [3.05, 3.63) is 0 Å². The van der Waals surface area contributed by atoms with Crippen LogP contribution >= 0.6 is 23.2 Å². The van der Waals surface area contributed by atoms with Gasteiger partial charge in [-0.15, -0.1) is 0 Å². The average Bonchev–Trinajstić information content (AvgIpc) is 1.87. The summed E-state index contributed by atoms with van der Waals surface area (Å²) in [5, 5.41) is 15.7. The Morgan fingerprint density at radius 1 is 1.64 bits per heavy atom. The van der Waals surface area contributed by atoms with Crippen LogP contribution in [0.25, 0.3) is 0 Å². The fourth-order valence-electron chi connectivity index (χ4n) is 0. The highest BCUT2D eigenvalue weighted by atomic mass is 35.5. The normalized spacial score (nSPS) is 9.91. The lowest BCUT2D eigenvalue weighted by molar-refractivity contribution is -0.137. The topological polar surface area (TPSA) is 83.5 Å². The molecule has 68 valence electrons. The largest absolute Gasteiger partial charge is 0.479 e. The van der Waals surface area contributed by atoms with Gasteiger partial charge in [-0.1, -0.05) is 23.2 Å². The maximum absolute atomic E-state index is 9.76. The maximum Gasteiger partial charge on any atom is 0.339 e. The summed E-state index contributed by atoms with van der Waals surface area (Å²) in [7, 11) is 0. The first-order valence-electron chi connectivity index (χ1n) is 2.78. The minimum atomic E-state index is -1.64. The van der Waals surface area contributed by atoms with Crippen molar-refractivity contribution in [2.75, 3.05) is 13.2 Å². The molecule has 4 N–H and O–H groups in total. The van der Waals surface area contributed by atoms with E-state index in [9.17, 15) is 4.79 Å². The molecule has 0 bridgehead atoms. The van der Waals surface area contributed by atoms with Gasteiger partial charge in [-0.05, 0) is 6.92 Å². The van der Waals surface area contributed by atoms with E-state index in [4.69, 9.17) is 39.1 Å². The molecular formula is C5H11Cl2NO3. The van der Waals surface area contributed by atoms with Crippen LogP contribution in [0.15, 0.2) is 0 Å².